The highest BCUT2D eigenvalue weighted by Crippen LogP contribution is 2.31. The molecule has 0 atom stereocenters. The summed E-state index contributed by atoms with van der Waals surface area (Å²) < 4.78 is 36.6. The lowest BCUT2D eigenvalue weighted by Gasteiger charge is -2.10. The van der Waals surface area contributed by atoms with Crippen LogP contribution in [-0.4, -0.2) is 9.97 Å². The molecule has 2 N–H and O–H groups in total. The Morgan fingerprint density at radius 1 is 1.36 bits per heavy atom. The average molecular weight is 205 g/mol. The van der Waals surface area contributed by atoms with E-state index in [0.717, 1.165) is 6.20 Å². The molecule has 0 unspecified atom stereocenters. The van der Waals surface area contributed by atoms with Crippen LogP contribution in [0, 0.1) is 0 Å². The molecule has 0 aromatic carbocycles. The summed E-state index contributed by atoms with van der Waals surface area (Å²) in [6.07, 6.45) is -3.43. The van der Waals surface area contributed by atoms with Crippen molar-refractivity contribution in [3.63, 3.8) is 0 Å². The molecule has 1 aromatic heterocycles. The summed E-state index contributed by atoms with van der Waals surface area (Å²) in [4.78, 5) is 6.89. The fourth-order valence-electron chi connectivity index (χ4n) is 0.914. The number of anilines is 1. The summed E-state index contributed by atoms with van der Waals surface area (Å²) >= 11 is 0. The minimum Gasteiger partial charge on any atom is -0.382 e. The highest BCUT2D eigenvalue weighted by Gasteiger charge is 2.35. The van der Waals surface area contributed by atoms with Gasteiger partial charge in [-0.15, -0.1) is 0 Å². The predicted molar refractivity (Wildman–Crippen MR) is 45.5 cm³/mol. The smallest absolute Gasteiger partial charge is 0.382 e. The van der Waals surface area contributed by atoms with Gasteiger partial charge in [-0.1, -0.05) is 13.8 Å². The van der Waals surface area contributed by atoms with Crippen LogP contribution in [0.25, 0.3) is 0 Å². The van der Waals surface area contributed by atoms with Crippen molar-refractivity contribution < 1.29 is 13.2 Å². The van der Waals surface area contributed by atoms with Gasteiger partial charge in [0.25, 0.3) is 0 Å². The van der Waals surface area contributed by atoms with E-state index in [0.29, 0.717) is 5.69 Å². The third-order valence-electron chi connectivity index (χ3n) is 1.68. The molecule has 78 valence electrons. The van der Waals surface area contributed by atoms with E-state index >= 15 is 0 Å². The van der Waals surface area contributed by atoms with Gasteiger partial charge in [-0.3, -0.25) is 0 Å². The molecule has 0 bridgehead atoms. The highest BCUT2D eigenvalue weighted by molar-refractivity contribution is 5.37. The fourth-order valence-corrected chi connectivity index (χ4v) is 0.914. The second-order valence-electron chi connectivity index (χ2n) is 3.18. The Balaban J connectivity index is 3.15. The maximum absolute atomic E-state index is 12.2. The van der Waals surface area contributed by atoms with Gasteiger partial charge in [-0.2, -0.15) is 13.2 Å². The molecule has 6 heteroatoms. The Morgan fingerprint density at radius 2 is 1.93 bits per heavy atom. The Hall–Kier alpha value is -1.33. The number of rotatable bonds is 1. The van der Waals surface area contributed by atoms with E-state index in [2.05, 4.69) is 9.97 Å². The molecule has 3 nitrogen and oxygen atoms in total. The van der Waals surface area contributed by atoms with Crippen LogP contribution in [-0.2, 0) is 6.18 Å². The van der Waals surface area contributed by atoms with Gasteiger partial charge in [0.1, 0.15) is 0 Å². The normalized spacial score (nSPS) is 12.1. The van der Waals surface area contributed by atoms with Crippen LogP contribution in [0.4, 0.5) is 19.0 Å². The Bertz CT molecular complexity index is 333. The van der Waals surface area contributed by atoms with Crippen LogP contribution < -0.4 is 5.73 Å². The third kappa shape index (κ3) is 2.12. The topological polar surface area (TPSA) is 51.8 Å². The molecular formula is C8H10F3N3. The second-order valence-corrected chi connectivity index (χ2v) is 3.18. The van der Waals surface area contributed by atoms with E-state index < -0.39 is 17.7 Å². The van der Waals surface area contributed by atoms with Crippen LogP contribution >= 0.6 is 0 Å². The average Bonchev–Trinajstić information content (AvgIpc) is 2.01. The van der Waals surface area contributed by atoms with E-state index in [1.54, 1.807) is 13.8 Å². The van der Waals surface area contributed by atoms with Crippen molar-refractivity contribution in [2.75, 3.05) is 5.73 Å². The molecule has 0 spiro atoms. The Kier molecular flexibility index (Phi) is 2.64. The van der Waals surface area contributed by atoms with Gasteiger partial charge in [0.2, 0.25) is 0 Å². The molecule has 1 heterocycles. The zero-order chi connectivity index (χ0) is 10.9. The molecule has 0 aliphatic rings. The van der Waals surface area contributed by atoms with Crippen LogP contribution in [0.15, 0.2) is 6.20 Å². The van der Waals surface area contributed by atoms with Gasteiger partial charge >= 0.3 is 6.18 Å². The lowest BCUT2D eigenvalue weighted by atomic mass is 10.1. The summed E-state index contributed by atoms with van der Waals surface area (Å²) in [7, 11) is 0. The fraction of sp³-hybridized carbons (Fsp3) is 0.500. The molecule has 14 heavy (non-hydrogen) atoms. The molecule has 0 aliphatic carbocycles. The number of nitrogen functional groups attached to an aromatic ring is 1. The highest BCUT2D eigenvalue weighted by atomic mass is 19.4. The van der Waals surface area contributed by atoms with Crippen LogP contribution in [0.2, 0.25) is 0 Å². The molecule has 0 amide bonds. The summed E-state index contributed by atoms with van der Waals surface area (Å²) in [5.74, 6) is -0.559. The number of hydrogen-bond donors (Lipinski definition) is 1. The number of aromatic nitrogens is 2. The van der Waals surface area contributed by atoms with Gasteiger partial charge in [0.05, 0.1) is 5.69 Å². The largest absolute Gasteiger partial charge is 0.437 e. The van der Waals surface area contributed by atoms with Gasteiger partial charge in [0.15, 0.2) is 11.5 Å². The van der Waals surface area contributed by atoms with E-state index in [-0.39, 0.29) is 5.92 Å². The predicted octanol–water partition coefficient (Wildman–Crippen LogP) is 2.20. The molecule has 1 aromatic rings. The number of nitrogens with zero attached hydrogens (tertiary/aromatic N) is 2. The summed E-state index contributed by atoms with van der Waals surface area (Å²) in [5, 5.41) is 0. The third-order valence-corrected chi connectivity index (χ3v) is 1.68. The molecule has 0 saturated carbocycles. The number of hydrogen-bond acceptors (Lipinski definition) is 3. The van der Waals surface area contributed by atoms with Crippen molar-refractivity contribution in [1.29, 1.82) is 0 Å². The van der Waals surface area contributed by atoms with Crippen molar-refractivity contribution in [3.05, 3.63) is 17.6 Å². The first-order valence-electron chi connectivity index (χ1n) is 4.02. The standard InChI is InChI=1S/C8H10F3N3/c1-4(2)5-3-13-6(7(12)14-5)8(9,10)11/h3-4H,1-2H3,(H2,12,14). The summed E-state index contributed by atoms with van der Waals surface area (Å²) in [6, 6.07) is 0. The van der Waals surface area contributed by atoms with E-state index in [1.807, 2.05) is 0 Å². The van der Waals surface area contributed by atoms with Crippen LogP contribution in [0.3, 0.4) is 0 Å². The first kappa shape index (κ1) is 10.7. The molecule has 0 aliphatic heterocycles. The first-order valence-corrected chi connectivity index (χ1v) is 4.02. The molecule has 0 radical (unpaired) electrons. The van der Waals surface area contributed by atoms with E-state index in [4.69, 9.17) is 5.73 Å². The van der Waals surface area contributed by atoms with Gasteiger partial charge in [0, 0.05) is 6.20 Å². The van der Waals surface area contributed by atoms with Crippen molar-refractivity contribution in [1.82, 2.24) is 9.97 Å². The Morgan fingerprint density at radius 3 is 2.29 bits per heavy atom. The van der Waals surface area contributed by atoms with Crippen molar-refractivity contribution in [2.24, 2.45) is 0 Å². The second kappa shape index (κ2) is 3.43. The monoisotopic (exact) mass is 205 g/mol. The molecule has 0 saturated heterocycles. The van der Waals surface area contributed by atoms with Gasteiger partial charge in [-0.05, 0) is 5.92 Å². The van der Waals surface area contributed by atoms with Crippen molar-refractivity contribution in [2.45, 2.75) is 25.9 Å². The van der Waals surface area contributed by atoms with Crippen molar-refractivity contribution in [3.8, 4) is 0 Å². The number of alkyl halides is 3. The van der Waals surface area contributed by atoms with E-state index in [1.165, 1.54) is 0 Å². The van der Waals surface area contributed by atoms with E-state index in [9.17, 15) is 13.2 Å². The zero-order valence-corrected chi connectivity index (χ0v) is 7.76. The lowest BCUT2D eigenvalue weighted by molar-refractivity contribution is -0.140. The van der Waals surface area contributed by atoms with Crippen LogP contribution in [0.1, 0.15) is 31.2 Å². The van der Waals surface area contributed by atoms with Crippen molar-refractivity contribution >= 4 is 5.82 Å². The maximum atomic E-state index is 12.2. The minimum atomic E-state index is -4.54. The molecular weight excluding hydrogens is 195 g/mol. The quantitative estimate of drug-likeness (QED) is 0.764. The Labute approximate surface area is 79.2 Å². The van der Waals surface area contributed by atoms with Gasteiger partial charge in [-0.25, -0.2) is 9.97 Å². The first-order chi connectivity index (χ1) is 6.32. The maximum Gasteiger partial charge on any atom is 0.437 e. The zero-order valence-electron chi connectivity index (χ0n) is 7.76. The minimum absolute atomic E-state index is 0.00656. The molecule has 1 rings (SSSR count). The molecule has 0 fully saturated rings. The SMILES string of the molecule is CC(C)c1cnc(C(F)(F)F)c(N)n1. The lowest BCUT2D eigenvalue weighted by Crippen LogP contribution is -2.14. The summed E-state index contributed by atoms with van der Waals surface area (Å²) in [6.45, 7) is 3.60. The number of nitrogens with two attached hydrogens (primary N) is 1. The van der Waals surface area contributed by atoms with Crippen LogP contribution in [0.5, 0.6) is 0 Å². The van der Waals surface area contributed by atoms with Gasteiger partial charge < -0.3 is 5.73 Å². The number of halogens is 3. The summed E-state index contributed by atoms with van der Waals surface area (Å²) in [5.41, 5.74) is 4.48.